The molecule has 0 spiro atoms. The van der Waals surface area contributed by atoms with Crippen molar-refractivity contribution in [2.24, 2.45) is 5.92 Å². The van der Waals surface area contributed by atoms with Crippen molar-refractivity contribution in [1.29, 1.82) is 0 Å². The largest absolute Gasteiger partial charge is 0.490 e. The van der Waals surface area contributed by atoms with Crippen LogP contribution in [0.15, 0.2) is 36.5 Å². The molecule has 0 aliphatic heterocycles. The maximum Gasteiger partial charge on any atom is 0.129 e. The Bertz CT molecular complexity index is 548. The molecule has 1 aromatic carbocycles. The number of hydrogen-bond donors (Lipinski definition) is 1. The van der Waals surface area contributed by atoms with Crippen molar-refractivity contribution < 1.29 is 4.74 Å². The van der Waals surface area contributed by atoms with Crippen molar-refractivity contribution in [3.05, 3.63) is 36.5 Å². The Labute approximate surface area is 127 Å². The number of nitrogens with zero attached hydrogens (tertiary/aromatic N) is 1. The van der Waals surface area contributed by atoms with Crippen LogP contribution in [-0.4, -0.2) is 24.2 Å². The van der Waals surface area contributed by atoms with E-state index in [9.17, 15) is 0 Å². The smallest absolute Gasteiger partial charge is 0.129 e. The fourth-order valence-electron chi connectivity index (χ4n) is 2.36. The Balaban J connectivity index is 1.83. The van der Waals surface area contributed by atoms with E-state index in [0.29, 0.717) is 5.92 Å². The predicted octanol–water partition coefficient (Wildman–Crippen LogP) is 4.03. The van der Waals surface area contributed by atoms with Crippen LogP contribution in [0, 0.1) is 5.92 Å². The second-order valence-electron chi connectivity index (χ2n) is 5.99. The van der Waals surface area contributed by atoms with Crippen LogP contribution in [0.2, 0.25) is 0 Å². The first kappa shape index (κ1) is 15.8. The third-order valence-corrected chi connectivity index (χ3v) is 3.45. The zero-order chi connectivity index (χ0) is 15.1. The van der Waals surface area contributed by atoms with Crippen LogP contribution in [0.25, 0.3) is 10.9 Å². The molecule has 1 aromatic heterocycles. The van der Waals surface area contributed by atoms with E-state index in [1.807, 2.05) is 30.5 Å². The second-order valence-corrected chi connectivity index (χ2v) is 5.99. The summed E-state index contributed by atoms with van der Waals surface area (Å²) in [6.07, 6.45) is 4.23. The van der Waals surface area contributed by atoms with Gasteiger partial charge in [-0.1, -0.05) is 19.9 Å². The molecule has 114 valence electrons. The topological polar surface area (TPSA) is 34.1 Å². The lowest BCUT2D eigenvalue weighted by Crippen LogP contribution is -2.22. The molecule has 1 unspecified atom stereocenters. The summed E-state index contributed by atoms with van der Waals surface area (Å²) in [5, 5.41) is 4.56. The fourth-order valence-corrected chi connectivity index (χ4v) is 2.36. The number of benzene rings is 1. The molecule has 0 radical (unpaired) electrons. The number of aromatic nitrogens is 1. The van der Waals surface area contributed by atoms with Crippen molar-refractivity contribution >= 4 is 10.9 Å². The molecule has 0 aliphatic carbocycles. The first-order chi connectivity index (χ1) is 10.2. The van der Waals surface area contributed by atoms with E-state index in [2.05, 4.69) is 37.1 Å². The standard InChI is InChI=1S/C18H26N2O/c1-14(2)13-19-11-5-7-15(3)21-18-10-4-9-17-16(18)8-6-12-20-17/h4,6,8-10,12,14-15,19H,5,7,11,13H2,1-3H3. The van der Waals surface area contributed by atoms with Gasteiger partial charge in [0.2, 0.25) is 0 Å². The first-order valence-electron chi connectivity index (χ1n) is 7.88. The molecule has 2 rings (SSSR count). The van der Waals surface area contributed by atoms with E-state index in [1.54, 1.807) is 0 Å². The average molecular weight is 286 g/mol. The second kappa shape index (κ2) is 7.99. The quantitative estimate of drug-likeness (QED) is 0.744. The van der Waals surface area contributed by atoms with E-state index >= 15 is 0 Å². The molecule has 0 aliphatic rings. The van der Waals surface area contributed by atoms with Gasteiger partial charge in [0.05, 0.1) is 11.6 Å². The summed E-state index contributed by atoms with van der Waals surface area (Å²) in [6, 6.07) is 10.1. The Morgan fingerprint density at radius 2 is 2.00 bits per heavy atom. The fraction of sp³-hybridized carbons (Fsp3) is 0.500. The highest BCUT2D eigenvalue weighted by molar-refractivity contribution is 5.84. The molecule has 0 bridgehead atoms. The Morgan fingerprint density at radius 3 is 2.81 bits per heavy atom. The summed E-state index contributed by atoms with van der Waals surface area (Å²) in [5.74, 6) is 1.64. The normalized spacial score (nSPS) is 12.8. The number of rotatable bonds is 8. The van der Waals surface area contributed by atoms with E-state index in [1.165, 1.54) is 0 Å². The molecule has 21 heavy (non-hydrogen) atoms. The van der Waals surface area contributed by atoms with Crippen molar-refractivity contribution in [1.82, 2.24) is 10.3 Å². The van der Waals surface area contributed by atoms with Gasteiger partial charge < -0.3 is 10.1 Å². The molecular weight excluding hydrogens is 260 g/mol. The van der Waals surface area contributed by atoms with E-state index in [-0.39, 0.29) is 6.10 Å². The van der Waals surface area contributed by atoms with Gasteiger partial charge in [0.15, 0.2) is 0 Å². The molecule has 0 saturated carbocycles. The van der Waals surface area contributed by atoms with Crippen LogP contribution < -0.4 is 10.1 Å². The van der Waals surface area contributed by atoms with Gasteiger partial charge in [-0.05, 0) is 63.0 Å². The van der Waals surface area contributed by atoms with Crippen LogP contribution >= 0.6 is 0 Å². The Hall–Kier alpha value is -1.61. The zero-order valence-corrected chi connectivity index (χ0v) is 13.3. The number of pyridine rings is 1. The average Bonchev–Trinajstić information content (AvgIpc) is 2.47. The van der Waals surface area contributed by atoms with E-state index < -0.39 is 0 Å². The van der Waals surface area contributed by atoms with Gasteiger partial charge in [-0.15, -0.1) is 0 Å². The minimum atomic E-state index is 0.219. The number of ether oxygens (including phenoxy) is 1. The van der Waals surface area contributed by atoms with Gasteiger partial charge in [0.1, 0.15) is 5.75 Å². The van der Waals surface area contributed by atoms with Gasteiger partial charge in [-0.25, -0.2) is 0 Å². The lowest BCUT2D eigenvalue weighted by molar-refractivity contribution is 0.210. The van der Waals surface area contributed by atoms with Gasteiger partial charge in [0.25, 0.3) is 0 Å². The Kier molecular flexibility index (Phi) is 6.00. The van der Waals surface area contributed by atoms with E-state index in [0.717, 1.165) is 42.6 Å². The third kappa shape index (κ3) is 5.01. The molecule has 3 nitrogen and oxygen atoms in total. The minimum absolute atomic E-state index is 0.219. The minimum Gasteiger partial charge on any atom is -0.490 e. The van der Waals surface area contributed by atoms with Crippen LogP contribution in [0.4, 0.5) is 0 Å². The SMILES string of the molecule is CC(C)CNCCCC(C)Oc1cccc2ncccc12. The highest BCUT2D eigenvalue weighted by atomic mass is 16.5. The van der Waals surface area contributed by atoms with Gasteiger partial charge in [-0.2, -0.15) is 0 Å². The van der Waals surface area contributed by atoms with Crippen molar-refractivity contribution in [3.8, 4) is 5.75 Å². The number of fused-ring (bicyclic) bond motifs is 1. The van der Waals surface area contributed by atoms with Crippen LogP contribution in [-0.2, 0) is 0 Å². The molecule has 1 atom stereocenters. The molecule has 1 N–H and O–H groups in total. The molecular formula is C18H26N2O. The summed E-state index contributed by atoms with van der Waals surface area (Å²) in [7, 11) is 0. The predicted molar refractivity (Wildman–Crippen MR) is 88.8 cm³/mol. The molecule has 3 heteroatoms. The molecule has 2 aromatic rings. The monoisotopic (exact) mass is 286 g/mol. The summed E-state index contributed by atoms with van der Waals surface area (Å²) in [4.78, 5) is 4.36. The van der Waals surface area contributed by atoms with Crippen LogP contribution in [0.5, 0.6) is 5.75 Å². The maximum atomic E-state index is 6.09. The molecule has 0 fully saturated rings. The highest BCUT2D eigenvalue weighted by Crippen LogP contribution is 2.25. The summed E-state index contributed by atoms with van der Waals surface area (Å²) < 4.78 is 6.09. The lowest BCUT2D eigenvalue weighted by Gasteiger charge is -2.16. The van der Waals surface area contributed by atoms with Crippen LogP contribution in [0.3, 0.4) is 0 Å². The Morgan fingerprint density at radius 1 is 1.14 bits per heavy atom. The molecule has 0 saturated heterocycles. The number of hydrogen-bond acceptors (Lipinski definition) is 3. The maximum absolute atomic E-state index is 6.09. The molecule has 1 heterocycles. The summed E-state index contributed by atoms with van der Waals surface area (Å²) >= 11 is 0. The molecule has 0 amide bonds. The van der Waals surface area contributed by atoms with Gasteiger partial charge in [0, 0.05) is 11.6 Å². The van der Waals surface area contributed by atoms with Crippen molar-refractivity contribution in [2.75, 3.05) is 13.1 Å². The van der Waals surface area contributed by atoms with Crippen LogP contribution in [0.1, 0.15) is 33.6 Å². The third-order valence-electron chi connectivity index (χ3n) is 3.45. The summed E-state index contributed by atoms with van der Waals surface area (Å²) in [6.45, 7) is 8.74. The summed E-state index contributed by atoms with van der Waals surface area (Å²) in [5.41, 5.74) is 0.987. The van der Waals surface area contributed by atoms with Gasteiger partial charge in [-0.3, -0.25) is 4.98 Å². The van der Waals surface area contributed by atoms with Gasteiger partial charge >= 0.3 is 0 Å². The first-order valence-corrected chi connectivity index (χ1v) is 7.88. The van der Waals surface area contributed by atoms with Crippen molar-refractivity contribution in [2.45, 2.75) is 39.7 Å². The lowest BCUT2D eigenvalue weighted by atomic mass is 10.2. The number of nitrogens with one attached hydrogen (secondary N) is 1. The highest BCUT2D eigenvalue weighted by Gasteiger charge is 2.07. The zero-order valence-electron chi connectivity index (χ0n) is 13.3. The van der Waals surface area contributed by atoms with Crippen molar-refractivity contribution in [3.63, 3.8) is 0 Å². The van der Waals surface area contributed by atoms with E-state index in [4.69, 9.17) is 4.74 Å².